The molecule has 158 valence electrons. The Balaban J connectivity index is 0.00000420. The normalized spacial score (nSPS) is 11.4. The maximum Gasteiger partial charge on any atom is 0.416 e. The number of hydrogen-bond donors (Lipinski definition) is 3. The Morgan fingerprint density at radius 2 is 1.59 bits per heavy atom. The van der Waals surface area contributed by atoms with E-state index in [2.05, 4.69) is 20.9 Å². The number of benzene rings is 2. The van der Waals surface area contributed by atoms with Crippen molar-refractivity contribution in [1.29, 1.82) is 0 Å². The molecule has 2 rings (SSSR count). The van der Waals surface area contributed by atoms with E-state index in [1.54, 1.807) is 7.05 Å². The highest BCUT2D eigenvalue weighted by Crippen LogP contribution is 2.28. The quantitative estimate of drug-likeness (QED) is 0.298. The molecule has 0 fully saturated rings. The molecule has 0 aromatic heterocycles. The standard InChI is InChI=1S/C20H23F3N4O.HI/c1-24-19(26-13-16-7-9-17(10-8-16)20(21,22)23)27-14-18(28)25-12-11-15-5-3-2-4-6-15;/h2-10H,11-14H2,1H3,(H,25,28)(H2,24,26,27);1H. The fourth-order valence-electron chi connectivity index (χ4n) is 2.44. The molecule has 0 aliphatic rings. The van der Waals surface area contributed by atoms with Crippen molar-refractivity contribution in [3.8, 4) is 0 Å². The largest absolute Gasteiger partial charge is 0.416 e. The molecule has 1 amide bonds. The van der Waals surface area contributed by atoms with Crippen molar-refractivity contribution < 1.29 is 18.0 Å². The Bertz CT molecular complexity index is 781. The topological polar surface area (TPSA) is 65.5 Å². The number of alkyl halides is 3. The molecule has 0 radical (unpaired) electrons. The Morgan fingerprint density at radius 1 is 0.931 bits per heavy atom. The van der Waals surface area contributed by atoms with Crippen LogP contribution in [0, 0.1) is 0 Å². The van der Waals surface area contributed by atoms with Gasteiger partial charge in [0.05, 0.1) is 12.1 Å². The smallest absolute Gasteiger partial charge is 0.354 e. The predicted molar refractivity (Wildman–Crippen MR) is 118 cm³/mol. The van der Waals surface area contributed by atoms with Crippen LogP contribution in [-0.2, 0) is 23.9 Å². The monoisotopic (exact) mass is 520 g/mol. The van der Waals surface area contributed by atoms with Crippen LogP contribution in [0.2, 0.25) is 0 Å². The Kier molecular flexibility index (Phi) is 10.5. The van der Waals surface area contributed by atoms with Gasteiger partial charge in [-0.1, -0.05) is 42.5 Å². The summed E-state index contributed by atoms with van der Waals surface area (Å²) in [6.45, 7) is 0.858. The van der Waals surface area contributed by atoms with E-state index >= 15 is 0 Å². The predicted octanol–water partition coefficient (Wildman–Crippen LogP) is 3.35. The van der Waals surface area contributed by atoms with Gasteiger partial charge in [0.25, 0.3) is 0 Å². The van der Waals surface area contributed by atoms with Gasteiger partial charge in [-0.15, -0.1) is 24.0 Å². The summed E-state index contributed by atoms with van der Waals surface area (Å²) in [4.78, 5) is 15.9. The van der Waals surface area contributed by atoms with Crippen LogP contribution in [0.25, 0.3) is 0 Å². The minimum absolute atomic E-state index is 0. The lowest BCUT2D eigenvalue weighted by atomic mass is 10.1. The van der Waals surface area contributed by atoms with Crippen LogP contribution in [0.1, 0.15) is 16.7 Å². The van der Waals surface area contributed by atoms with Crippen molar-refractivity contribution in [1.82, 2.24) is 16.0 Å². The molecule has 0 spiro atoms. The molecule has 0 aliphatic heterocycles. The Morgan fingerprint density at radius 3 is 2.17 bits per heavy atom. The second-order valence-electron chi connectivity index (χ2n) is 6.06. The van der Waals surface area contributed by atoms with Crippen LogP contribution in [0.4, 0.5) is 13.2 Å². The van der Waals surface area contributed by atoms with Gasteiger partial charge in [0, 0.05) is 20.1 Å². The Hall–Kier alpha value is -2.30. The number of halogens is 4. The number of carbonyl (C=O) groups excluding carboxylic acids is 1. The van der Waals surface area contributed by atoms with Crippen molar-refractivity contribution in [2.24, 2.45) is 4.99 Å². The number of aliphatic imine (C=N–C) groups is 1. The van der Waals surface area contributed by atoms with E-state index in [0.29, 0.717) is 18.1 Å². The molecule has 0 aliphatic carbocycles. The van der Waals surface area contributed by atoms with E-state index in [1.807, 2.05) is 30.3 Å². The molecule has 2 aromatic carbocycles. The van der Waals surface area contributed by atoms with E-state index in [9.17, 15) is 18.0 Å². The molecule has 0 unspecified atom stereocenters. The van der Waals surface area contributed by atoms with Crippen molar-refractivity contribution in [3.63, 3.8) is 0 Å². The van der Waals surface area contributed by atoms with E-state index < -0.39 is 11.7 Å². The van der Waals surface area contributed by atoms with Gasteiger partial charge in [0.1, 0.15) is 0 Å². The van der Waals surface area contributed by atoms with Gasteiger partial charge >= 0.3 is 6.18 Å². The van der Waals surface area contributed by atoms with Gasteiger partial charge in [-0.25, -0.2) is 0 Å². The summed E-state index contributed by atoms with van der Waals surface area (Å²) in [5.74, 6) is 0.214. The van der Waals surface area contributed by atoms with Gasteiger partial charge in [-0.2, -0.15) is 13.2 Å². The molecule has 0 atom stereocenters. The summed E-state index contributed by atoms with van der Waals surface area (Å²) < 4.78 is 37.7. The van der Waals surface area contributed by atoms with Crippen molar-refractivity contribution in [2.45, 2.75) is 19.1 Å². The van der Waals surface area contributed by atoms with E-state index in [-0.39, 0.29) is 43.0 Å². The van der Waals surface area contributed by atoms with Crippen LogP contribution in [0.3, 0.4) is 0 Å². The summed E-state index contributed by atoms with van der Waals surface area (Å²) >= 11 is 0. The lowest BCUT2D eigenvalue weighted by Crippen LogP contribution is -2.43. The van der Waals surface area contributed by atoms with Crippen LogP contribution in [0.5, 0.6) is 0 Å². The zero-order valence-electron chi connectivity index (χ0n) is 15.9. The molecule has 29 heavy (non-hydrogen) atoms. The van der Waals surface area contributed by atoms with Crippen molar-refractivity contribution in [2.75, 3.05) is 20.1 Å². The first kappa shape index (κ1) is 24.7. The zero-order chi connectivity index (χ0) is 20.4. The zero-order valence-corrected chi connectivity index (χ0v) is 18.3. The fourth-order valence-corrected chi connectivity index (χ4v) is 2.44. The maximum atomic E-state index is 12.6. The van der Waals surface area contributed by atoms with E-state index in [4.69, 9.17) is 0 Å². The molecule has 3 N–H and O–H groups in total. The fraction of sp³-hybridized carbons (Fsp3) is 0.300. The van der Waals surface area contributed by atoms with Crippen LogP contribution >= 0.6 is 24.0 Å². The summed E-state index contributed by atoms with van der Waals surface area (Å²) in [6.07, 6.45) is -3.61. The third-order valence-electron chi connectivity index (χ3n) is 3.96. The summed E-state index contributed by atoms with van der Waals surface area (Å²) in [5.41, 5.74) is 1.12. The number of rotatable bonds is 7. The van der Waals surface area contributed by atoms with E-state index in [1.165, 1.54) is 12.1 Å². The lowest BCUT2D eigenvalue weighted by Gasteiger charge is -2.13. The van der Waals surface area contributed by atoms with Crippen molar-refractivity contribution >= 4 is 35.8 Å². The molecular formula is C20H24F3IN4O. The first-order valence-electron chi connectivity index (χ1n) is 8.80. The van der Waals surface area contributed by atoms with E-state index in [0.717, 1.165) is 24.1 Å². The van der Waals surface area contributed by atoms with Gasteiger partial charge in [-0.3, -0.25) is 9.79 Å². The first-order chi connectivity index (χ1) is 13.4. The minimum Gasteiger partial charge on any atom is -0.354 e. The third-order valence-corrected chi connectivity index (χ3v) is 3.96. The number of nitrogens with one attached hydrogen (secondary N) is 3. The van der Waals surface area contributed by atoms with Crippen LogP contribution in [0.15, 0.2) is 59.6 Å². The average Bonchev–Trinajstić information content (AvgIpc) is 2.68. The summed E-state index contributed by atoms with van der Waals surface area (Å²) in [5, 5.41) is 8.64. The highest BCUT2D eigenvalue weighted by Gasteiger charge is 2.29. The van der Waals surface area contributed by atoms with Gasteiger partial charge in [-0.05, 0) is 29.7 Å². The Labute approximate surface area is 185 Å². The second-order valence-corrected chi connectivity index (χ2v) is 6.06. The average molecular weight is 520 g/mol. The van der Waals surface area contributed by atoms with Crippen LogP contribution in [-0.4, -0.2) is 32.0 Å². The van der Waals surface area contributed by atoms with Gasteiger partial charge < -0.3 is 16.0 Å². The number of amides is 1. The SMILES string of the molecule is CN=C(NCC(=O)NCCc1ccccc1)NCc1ccc(C(F)(F)F)cc1.I. The molecule has 0 bridgehead atoms. The van der Waals surface area contributed by atoms with Crippen molar-refractivity contribution in [3.05, 3.63) is 71.3 Å². The summed E-state index contributed by atoms with van der Waals surface area (Å²) in [7, 11) is 1.55. The third kappa shape index (κ3) is 9.16. The lowest BCUT2D eigenvalue weighted by molar-refractivity contribution is -0.137. The molecule has 2 aromatic rings. The number of nitrogens with zero attached hydrogens (tertiary/aromatic N) is 1. The molecule has 0 heterocycles. The number of carbonyl (C=O) groups is 1. The second kappa shape index (κ2) is 12.3. The number of guanidine groups is 1. The molecule has 9 heteroatoms. The molecular weight excluding hydrogens is 496 g/mol. The van der Waals surface area contributed by atoms with Gasteiger partial charge in [0.2, 0.25) is 5.91 Å². The minimum atomic E-state index is -4.35. The molecule has 5 nitrogen and oxygen atoms in total. The maximum absolute atomic E-state index is 12.6. The molecule has 0 saturated heterocycles. The summed E-state index contributed by atoms with van der Waals surface area (Å²) in [6, 6.07) is 14.7. The molecule has 0 saturated carbocycles. The highest BCUT2D eigenvalue weighted by atomic mass is 127. The number of hydrogen-bond acceptors (Lipinski definition) is 2. The van der Waals surface area contributed by atoms with Crippen LogP contribution < -0.4 is 16.0 Å². The highest BCUT2D eigenvalue weighted by molar-refractivity contribution is 14.0. The first-order valence-corrected chi connectivity index (χ1v) is 8.80. The van der Waals surface area contributed by atoms with Gasteiger partial charge in [0.15, 0.2) is 5.96 Å².